The van der Waals surface area contributed by atoms with Crippen LogP contribution < -0.4 is 5.32 Å². The lowest BCUT2D eigenvalue weighted by Gasteiger charge is -2.32. The molecule has 0 aliphatic carbocycles. The fourth-order valence-corrected chi connectivity index (χ4v) is 4.30. The van der Waals surface area contributed by atoms with Gasteiger partial charge in [-0.15, -0.1) is 11.3 Å². The quantitative estimate of drug-likeness (QED) is 0.874. The summed E-state index contributed by atoms with van der Waals surface area (Å²) in [4.78, 5) is 25.1. The maximum Gasteiger partial charge on any atom is 0.234 e. The van der Waals surface area contributed by atoms with Crippen LogP contribution in [0.5, 0.6) is 0 Å². The second kappa shape index (κ2) is 7.84. The van der Waals surface area contributed by atoms with Crippen LogP contribution in [-0.2, 0) is 24.2 Å². The summed E-state index contributed by atoms with van der Waals surface area (Å²) in [5, 5.41) is 5.31. The first-order valence-electron chi connectivity index (χ1n) is 9.25. The molecule has 0 spiro atoms. The van der Waals surface area contributed by atoms with Gasteiger partial charge < -0.3 is 5.32 Å². The van der Waals surface area contributed by atoms with E-state index in [1.807, 2.05) is 12.3 Å². The first-order chi connectivity index (χ1) is 12.4. The highest BCUT2D eigenvalue weighted by atomic mass is 32.1. The smallest absolute Gasteiger partial charge is 0.234 e. The molecule has 2 aromatic rings. The molecule has 1 atom stereocenters. The van der Waals surface area contributed by atoms with Crippen molar-refractivity contribution in [2.24, 2.45) is 5.41 Å². The number of aryl methyl sites for hydroxylation is 1. The van der Waals surface area contributed by atoms with E-state index in [0.29, 0.717) is 6.54 Å². The SMILES string of the molecule is CCc1ncc2c(n1)CN(CC(=O)NC(c1cccs1)C(C)(C)C)CC2. The lowest BCUT2D eigenvalue weighted by Crippen LogP contribution is -2.43. The van der Waals surface area contributed by atoms with E-state index in [1.165, 1.54) is 10.4 Å². The molecule has 0 saturated heterocycles. The Morgan fingerprint density at radius 2 is 2.23 bits per heavy atom. The first-order valence-corrected chi connectivity index (χ1v) is 10.1. The Kier molecular flexibility index (Phi) is 5.73. The van der Waals surface area contributed by atoms with Crippen LogP contribution in [-0.4, -0.2) is 33.9 Å². The Labute approximate surface area is 159 Å². The van der Waals surface area contributed by atoms with Gasteiger partial charge in [0.25, 0.3) is 0 Å². The van der Waals surface area contributed by atoms with Gasteiger partial charge in [0.15, 0.2) is 0 Å². The van der Waals surface area contributed by atoms with Gasteiger partial charge in [-0.05, 0) is 28.8 Å². The monoisotopic (exact) mass is 372 g/mol. The van der Waals surface area contributed by atoms with Gasteiger partial charge in [0.05, 0.1) is 18.3 Å². The summed E-state index contributed by atoms with van der Waals surface area (Å²) in [6.07, 6.45) is 3.69. The van der Waals surface area contributed by atoms with Crippen LogP contribution in [0, 0.1) is 5.41 Å². The van der Waals surface area contributed by atoms with E-state index in [9.17, 15) is 4.79 Å². The normalized spacial score (nSPS) is 16.2. The highest BCUT2D eigenvalue weighted by molar-refractivity contribution is 7.10. The van der Waals surface area contributed by atoms with Crippen molar-refractivity contribution < 1.29 is 4.79 Å². The molecule has 0 bridgehead atoms. The maximum absolute atomic E-state index is 12.7. The summed E-state index contributed by atoms with van der Waals surface area (Å²) in [6.45, 7) is 10.6. The van der Waals surface area contributed by atoms with Crippen LogP contribution in [0.2, 0.25) is 0 Å². The standard InChI is InChI=1S/C20H28N4OS/c1-5-17-21-11-14-8-9-24(12-15(14)22-17)13-18(25)23-19(20(2,3)4)16-7-6-10-26-16/h6-7,10-11,19H,5,8-9,12-13H2,1-4H3,(H,23,25). The molecule has 3 rings (SSSR count). The lowest BCUT2D eigenvalue weighted by molar-refractivity contribution is -0.124. The number of nitrogens with zero attached hydrogens (tertiary/aromatic N) is 3. The first kappa shape index (κ1) is 19.0. The van der Waals surface area contributed by atoms with Gasteiger partial charge in [0, 0.05) is 30.6 Å². The van der Waals surface area contributed by atoms with Gasteiger partial charge >= 0.3 is 0 Å². The average Bonchev–Trinajstić information content (AvgIpc) is 3.12. The van der Waals surface area contributed by atoms with Gasteiger partial charge in [-0.25, -0.2) is 9.97 Å². The molecule has 1 amide bonds. The number of carbonyl (C=O) groups is 1. The molecule has 1 N–H and O–H groups in total. The number of hydrogen-bond donors (Lipinski definition) is 1. The Balaban J connectivity index is 1.64. The van der Waals surface area contributed by atoms with Crippen molar-refractivity contribution in [3.05, 3.63) is 45.7 Å². The van der Waals surface area contributed by atoms with E-state index < -0.39 is 0 Å². The third-order valence-electron chi connectivity index (χ3n) is 4.76. The van der Waals surface area contributed by atoms with Crippen molar-refractivity contribution in [3.63, 3.8) is 0 Å². The molecular formula is C20H28N4OS. The summed E-state index contributed by atoms with van der Waals surface area (Å²) in [5.74, 6) is 0.951. The largest absolute Gasteiger partial charge is 0.347 e. The third kappa shape index (κ3) is 4.48. The molecular weight excluding hydrogens is 344 g/mol. The summed E-state index contributed by atoms with van der Waals surface area (Å²) in [7, 11) is 0. The van der Waals surface area contributed by atoms with E-state index in [4.69, 9.17) is 0 Å². The van der Waals surface area contributed by atoms with Crippen molar-refractivity contribution in [2.45, 2.75) is 53.1 Å². The van der Waals surface area contributed by atoms with Crippen LogP contribution in [0.25, 0.3) is 0 Å². The van der Waals surface area contributed by atoms with Gasteiger partial charge in [0.2, 0.25) is 5.91 Å². The minimum atomic E-state index is -0.0295. The number of hydrogen-bond acceptors (Lipinski definition) is 5. The molecule has 1 aliphatic heterocycles. The number of thiophene rings is 1. The number of amides is 1. The highest BCUT2D eigenvalue weighted by Gasteiger charge is 2.29. The topological polar surface area (TPSA) is 58.1 Å². The molecule has 3 heterocycles. The van der Waals surface area contributed by atoms with Crippen molar-refractivity contribution >= 4 is 17.2 Å². The minimum Gasteiger partial charge on any atom is -0.347 e. The molecule has 0 fully saturated rings. The summed E-state index contributed by atoms with van der Waals surface area (Å²) in [5.41, 5.74) is 2.25. The molecule has 0 aromatic carbocycles. The van der Waals surface area contributed by atoms with Gasteiger partial charge in [-0.2, -0.15) is 0 Å². The Hall–Kier alpha value is -1.79. The number of nitrogens with one attached hydrogen (secondary N) is 1. The zero-order valence-electron chi connectivity index (χ0n) is 16.1. The average molecular weight is 373 g/mol. The molecule has 140 valence electrons. The van der Waals surface area contributed by atoms with Crippen molar-refractivity contribution in [2.75, 3.05) is 13.1 Å². The molecule has 6 heteroatoms. The van der Waals surface area contributed by atoms with Crippen LogP contribution in [0.15, 0.2) is 23.7 Å². The number of fused-ring (bicyclic) bond motifs is 1. The highest BCUT2D eigenvalue weighted by Crippen LogP contribution is 2.35. The summed E-state index contributed by atoms with van der Waals surface area (Å²) >= 11 is 1.70. The Morgan fingerprint density at radius 3 is 2.88 bits per heavy atom. The van der Waals surface area contributed by atoms with Crippen LogP contribution >= 0.6 is 11.3 Å². The molecule has 1 aliphatic rings. The van der Waals surface area contributed by atoms with E-state index in [0.717, 1.165) is 37.4 Å². The van der Waals surface area contributed by atoms with Crippen molar-refractivity contribution in [3.8, 4) is 0 Å². The zero-order chi connectivity index (χ0) is 18.7. The molecule has 0 saturated carbocycles. The second-order valence-corrected chi connectivity index (χ2v) is 8.93. The van der Waals surface area contributed by atoms with Gasteiger partial charge in [-0.3, -0.25) is 9.69 Å². The van der Waals surface area contributed by atoms with Crippen LogP contribution in [0.1, 0.15) is 55.7 Å². The predicted molar refractivity (Wildman–Crippen MR) is 105 cm³/mol. The zero-order valence-corrected chi connectivity index (χ0v) is 16.9. The fourth-order valence-electron chi connectivity index (χ4n) is 3.28. The summed E-state index contributed by atoms with van der Waals surface area (Å²) < 4.78 is 0. The van der Waals surface area contributed by atoms with Gasteiger partial charge in [0.1, 0.15) is 5.82 Å². The van der Waals surface area contributed by atoms with E-state index in [-0.39, 0.29) is 17.4 Å². The third-order valence-corrected chi connectivity index (χ3v) is 5.69. The second-order valence-electron chi connectivity index (χ2n) is 7.95. The Morgan fingerprint density at radius 1 is 1.42 bits per heavy atom. The Bertz CT molecular complexity index is 752. The number of aromatic nitrogens is 2. The van der Waals surface area contributed by atoms with E-state index in [2.05, 4.69) is 59.3 Å². The van der Waals surface area contributed by atoms with Crippen LogP contribution in [0.4, 0.5) is 0 Å². The number of rotatable bonds is 5. The van der Waals surface area contributed by atoms with E-state index in [1.54, 1.807) is 11.3 Å². The lowest BCUT2D eigenvalue weighted by atomic mass is 9.85. The van der Waals surface area contributed by atoms with Crippen molar-refractivity contribution in [1.29, 1.82) is 0 Å². The maximum atomic E-state index is 12.7. The molecule has 2 aromatic heterocycles. The molecule has 0 radical (unpaired) electrons. The number of carbonyl (C=O) groups excluding carboxylic acids is 1. The van der Waals surface area contributed by atoms with Crippen LogP contribution in [0.3, 0.4) is 0 Å². The summed E-state index contributed by atoms with van der Waals surface area (Å²) in [6, 6.07) is 4.17. The fraction of sp³-hybridized carbons (Fsp3) is 0.550. The van der Waals surface area contributed by atoms with Crippen molar-refractivity contribution in [1.82, 2.24) is 20.2 Å². The molecule has 26 heavy (non-hydrogen) atoms. The molecule has 5 nitrogen and oxygen atoms in total. The minimum absolute atomic E-state index is 0.0288. The van der Waals surface area contributed by atoms with E-state index >= 15 is 0 Å². The molecule has 1 unspecified atom stereocenters. The van der Waals surface area contributed by atoms with Gasteiger partial charge in [-0.1, -0.05) is 33.8 Å². The predicted octanol–water partition coefficient (Wildman–Crippen LogP) is 3.36.